The van der Waals surface area contributed by atoms with Gasteiger partial charge in [-0.15, -0.1) is 0 Å². The molecule has 1 heterocycles. The number of aliphatic imine (C=N–C) groups is 1. The molecule has 0 aliphatic carbocycles. The van der Waals surface area contributed by atoms with Crippen molar-refractivity contribution in [2.75, 3.05) is 7.05 Å². The van der Waals surface area contributed by atoms with Crippen LogP contribution in [0.4, 0.5) is 0 Å². The predicted octanol–water partition coefficient (Wildman–Crippen LogP) is 6.95. The number of hydrogen-bond donors (Lipinski definition) is 0. The zero-order chi connectivity index (χ0) is 26.5. The quantitative estimate of drug-likeness (QED) is 0.143. The van der Waals surface area contributed by atoms with Crippen LogP contribution in [-0.4, -0.2) is 35.3 Å². The Balaban J connectivity index is 2.12. The Bertz CT molecular complexity index is 1250. The Hall–Kier alpha value is -3.38. The van der Waals surface area contributed by atoms with Crippen molar-refractivity contribution < 1.29 is 14.3 Å². The number of aryl methyl sites for hydroxylation is 2. The monoisotopic (exact) mass is 507 g/mol. The van der Waals surface area contributed by atoms with E-state index in [0.29, 0.717) is 39.9 Å². The average molecular weight is 508 g/mol. The fourth-order valence-electron chi connectivity index (χ4n) is 3.78. The first-order valence-electron chi connectivity index (χ1n) is 12.0. The molecule has 1 atom stereocenters. The first-order valence-corrected chi connectivity index (χ1v) is 12.4. The lowest BCUT2D eigenvalue weighted by Gasteiger charge is -2.22. The number of ether oxygens (including phenoxy) is 2. The Kier molecular flexibility index (Phi) is 8.75. The number of halogens is 1. The van der Waals surface area contributed by atoms with Gasteiger partial charge in [0.2, 0.25) is 6.29 Å². The van der Waals surface area contributed by atoms with E-state index in [-0.39, 0.29) is 5.41 Å². The summed E-state index contributed by atoms with van der Waals surface area (Å²) in [7, 11) is 1.70. The maximum Gasteiger partial charge on any atom is 0.341 e. The van der Waals surface area contributed by atoms with Gasteiger partial charge in [-0.1, -0.05) is 74.8 Å². The standard InChI is InChI=1S/C29H34ClN3O3/c1-8-33-26(25(30)19(2)32-33)27(35-20(3)36-28(34)22-12-10-9-11-13-22)24(18-31-7)21-14-16-23(17-15-21)29(4,5)6/h9-18,20H,8H2,1-7H3/b27-24-,31-18?. The molecule has 1 unspecified atom stereocenters. The van der Waals surface area contributed by atoms with E-state index < -0.39 is 12.3 Å². The number of benzene rings is 2. The normalized spacial score (nSPS) is 13.4. The molecule has 3 aromatic rings. The summed E-state index contributed by atoms with van der Waals surface area (Å²) < 4.78 is 13.7. The van der Waals surface area contributed by atoms with E-state index in [4.69, 9.17) is 21.1 Å². The second-order valence-corrected chi connectivity index (χ2v) is 9.86. The highest BCUT2D eigenvalue weighted by molar-refractivity contribution is 6.33. The molecule has 0 fully saturated rings. The molecule has 0 saturated heterocycles. The Morgan fingerprint density at radius 1 is 1.08 bits per heavy atom. The summed E-state index contributed by atoms with van der Waals surface area (Å²) in [5.41, 5.74) is 4.55. The molecule has 2 aromatic carbocycles. The second kappa shape index (κ2) is 11.6. The van der Waals surface area contributed by atoms with Crippen LogP contribution >= 0.6 is 11.6 Å². The third kappa shape index (κ3) is 6.24. The van der Waals surface area contributed by atoms with Crippen molar-refractivity contribution in [3.05, 3.63) is 87.7 Å². The van der Waals surface area contributed by atoms with Gasteiger partial charge in [-0.3, -0.25) is 9.67 Å². The fraction of sp³-hybridized carbons (Fsp3) is 0.345. The average Bonchev–Trinajstić information content (AvgIpc) is 3.14. The molecule has 3 rings (SSSR count). The molecule has 6 nitrogen and oxygen atoms in total. The van der Waals surface area contributed by atoms with Crippen molar-refractivity contribution in [1.29, 1.82) is 0 Å². The summed E-state index contributed by atoms with van der Waals surface area (Å²) in [5, 5.41) is 5.04. The maximum atomic E-state index is 12.7. The van der Waals surface area contributed by atoms with Crippen LogP contribution in [0.15, 0.2) is 59.6 Å². The molecule has 0 aliphatic rings. The van der Waals surface area contributed by atoms with Gasteiger partial charge in [0.1, 0.15) is 5.69 Å². The van der Waals surface area contributed by atoms with Gasteiger partial charge in [-0.25, -0.2) is 4.79 Å². The molecular formula is C29H34ClN3O3. The van der Waals surface area contributed by atoms with Crippen LogP contribution in [0, 0.1) is 6.92 Å². The van der Waals surface area contributed by atoms with Gasteiger partial charge in [0.25, 0.3) is 0 Å². The molecule has 190 valence electrons. The lowest BCUT2D eigenvalue weighted by atomic mass is 9.86. The summed E-state index contributed by atoms with van der Waals surface area (Å²) in [6.07, 6.45) is 0.824. The third-order valence-electron chi connectivity index (χ3n) is 5.70. The molecule has 0 N–H and O–H groups in total. The number of aromatic nitrogens is 2. The van der Waals surface area contributed by atoms with Crippen molar-refractivity contribution in [3.8, 4) is 0 Å². The minimum absolute atomic E-state index is 0.0159. The zero-order valence-corrected chi connectivity index (χ0v) is 22.8. The molecule has 0 saturated carbocycles. The number of carbonyl (C=O) groups is 1. The number of esters is 1. The van der Waals surface area contributed by atoms with E-state index >= 15 is 0 Å². The van der Waals surface area contributed by atoms with Crippen molar-refractivity contribution in [1.82, 2.24) is 9.78 Å². The van der Waals surface area contributed by atoms with Gasteiger partial charge < -0.3 is 9.47 Å². The van der Waals surface area contributed by atoms with Gasteiger partial charge in [0.15, 0.2) is 5.76 Å². The van der Waals surface area contributed by atoms with E-state index in [1.807, 2.05) is 32.0 Å². The minimum atomic E-state index is -0.904. The number of rotatable bonds is 8. The largest absolute Gasteiger partial charge is 0.452 e. The molecule has 0 bridgehead atoms. The Morgan fingerprint density at radius 2 is 1.72 bits per heavy atom. The number of hydrogen-bond acceptors (Lipinski definition) is 5. The fourth-order valence-corrected chi connectivity index (χ4v) is 4.00. The van der Waals surface area contributed by atoms with Crippen LogP contribution in [0.2, 0.25) is 5.02 Å². The van der Waals surface area contributed by atoms with Crippen molar-refractivity contribution in [2.45, 2.75) is 59.8 Å². The molecule has 7 heteroatoms. The number of allylic oxidation sites excluding steroid dienone is 1. The van der Waals surface area contributed by atoms with Gasteiger partial charge in [-0.2, -0.15) is 5.10 Å². The zero-order valence-electron chi connectivity index (χ0n) is 22.0. The first-order chi connectivity index (χ1) is 17.1. The summed E-state index contributed by atoms with van der Waals surface area (Å²) in [6, 6.07) is 17.1. The smallest absolute Gasteiger partial charge is 0.341 e. The van der Waals surface area contributed by atoms with Crippen molar-refractivity contribution >= 4 is 35.1 Å². The van der Waals surface area contributed by atoms with Crippen LogP contribution in [0.1, 0.15) is 67.5 Å². The van der Waals surface area contributed by atoms with Crippen LogP contribution < -0.4 is 0 Å². The Morgan fingerprint density at radius 3 is 2.28 bits per heavy atom. The topological polar surface area (TPSA) is 65.7 Å². The molecule has 36 heavy (non-hydrogen) atoms. The van der Waals surface area contributed by atoms with E-state index in [1.165, 1.54) is 5.56 Å². The molecular weight excluding hydrogens is 474 g/mol. The van der Waals surface area contributed by atoms with Crippen LogP contribution in [-0.2, 0) is 21.4 Å². The summed E-state index contributed by atoms with van der Waals surface area (Å²) >= 11 is 6.74. The minimum Gasteiger partial charge on any atom is -0.452 e. The van der Waals surface area contributed by atoms with Gasteiger partial charge in [0, 0.05) is 32.3 Å². The van der Waals surface area contributed by atoms with Gasteiger partial charge >= 0.3 is 5.97 Å². The van der Waals surface area contributed by atoms with E-state index in [9.17, 15) is 4.79 Å². The van der Waals surface area contributed by atoms with E-state index in [2.05, 4.69) is 43.0 Å². The van der Waals surface area contributed by atoms with Crippen molar-refractivity contribution in [3.63, 3.8) is 0 Å². The number of carbonyl (C=O) groups excluding carboxylic acids is 1. The van der Waals surface area contributed by atoms with Gasteiger partial charge in [0.05, 0.1) is 16.3 Å². The van der Waals surface area contributed by atoms with Crippen LogP contribution in [0.5, 0.6) is 0 Å². The maximum absolute atomic E-state index is 12.7. The molecule has 0 aliphatic heterocycles. The predicted molar refractivity (Wildman–Crippen MR) is 146 cm³/mol. The lowest BCUT2D eigenvalue weighted by Crippen LogP contribution is -2.19. The lowest BCUT2D eigenvalue weighted by molar-refractivity contribution is -0.0514. The third-order valence-corrected chi connectivity index (χ3v) is 6.15. The summed E-state index contributed by atoms with van der Waals surface area (Å²) in [5.74, 6) is -0.0427. The highest BCUT2D eigenvalue weighted by Crippen LogP contribution is 2.35. The Labute approximate surface area is 218 Å². The summed E-state index contributed by atoms with van der Waals surface area (Å²) in [6.45, 7) is 12.6. The van der Waals surface area contributed by atoms with Gasteiger partial charge in [-0.05, 0) is 42.5 Å². The molecule has 1 aromatic heterocycles. The highest BCUT2D eigenvalue weighted by atomic mass is 35.5. The SMILES string of the molecule is CCn1nc(C)c(Cl)c1/C(OC(C)OC(=O)c1ccccc1)=C(\C=NC)c1ccc(C(C)(C)C)cc1. The van der Waals surface area contributed by atoms with E-state index in [0.717, 1.165) is 5.56 Å². The number of nitrogens with zero attached hydrogens (tertiary/aromatic N) is 3. The second-order valence-electron chi connectivity index (χ2n) is 9.48. The van der Waals surface area contributed by atoms with E-state index in [1.54, 1.807) is 49.1 Å². The highest BCUT2D eigenvalue weighted by Gasteiger charge is 2.25. The first kappa shape index (κ1) is 27.2. The molecule has 0 radical (unpaired) electrons. The van der Waals surface area contributed by atoms with Crippen LogP contribution in [0.25, 0.3) is 11.3 Å². The molecule has 0 spiro atoms. The summed E-state index contributed by atoms with van der Waals surface area (Å²) in [4.78, 5) is 17.0. The van der Waals surface area contributed by atoms with Crippen LogP contribution in [0.3, 0.4) is 0 Å². The molecule has 0 amide bonds. The van der Waals surface area contributed by atoms with Crippen molar-refractivity contribution in [2.24, 2.45) is 4.99 Å².